The SMILES string of the molecule is CCCCCCCCC(O)C=Cc1cccc(C(O[SiH](C)C)C(C)(C)C)c1. The fourth-order valence-corrected chi connectivity index (χ4v) is 4.44. The van der Waals surface area contributed by atoms with Crippen molar-refractivity contribution >= 4 is 15.1 Å². The zero-order valence-corrected chi connectivity index (χ0v) is 19.7. The van der Waals surface area contributed by atoms with Crippen molar-refractivity contribution in [3.8, 4) is 0 Å². The minimum Gasteiger partial charge on any atom is -0.413 e. The molecule has 2 unspecified atom stereocenters. The monoisotopic (exact) mass is 390 g/mol. The van der Waals surface area contributed by atoms with Crippen LogP contribution in [0.5, 0.6) is 0 Å². The average molecular weight is 391 g/mol. The largest absolute Gasteiger partial charge is 0.413 e. The number of rotatable bonds is 12. The van der Waals surface area contributed by atoms with Gasteiger partial charge in [-0.1, -0.05) is 96.6 Å². The van der Waals surface area contributed by atoms with Gasteiger partial charge in [0.25, 0.3) is 0 Å². The average Bonchev–Trinajstić information content (AvgIpc) is 2.60. The van der Waals surface area contributed by atoms with Gasteiger partial charge in [-0.3, -0.25) is 0 Å². The van der Waals surface area contributed by atoms with E-state index in [9.17, 15) is 5.11 Å². The quantitative estimate of drug-likeness (QED) is 0.311. The topological polar surface area (TPSA) is 29.5 Å². The second-order valence-electron chi connectivity index (χ2n) is 9.08. The van der Waals surface area contributed by atoms with Crippen molar-refractivity contribution in [3.63, 3.8) is 0 Å². The van der Waals surface area contributed by atoms with Gasteiger partial charge >= 0.3 is 0 Å². The first-order valence-corrected chi connectivity index (χ1v) is 13.6. The predicted octanol–water partition coefficient (Wildman–Crippen LogP) is 6.90. The highest BCUT2D eigenvalue weighted by molar-refractivity contribution is 6.48. The third-order valence-electron chi connectivity index (χ3n) is 4.77. The van der Waals surface area contributed by atoms with Crippen LogP contribution in [-0.2, 0) is 4.43 Å². The van der Waals surface area contributed by atoms with E-state index in [1.54, 1.807) is 0 Å². The Hall–Kier alpha value is -0.903. The second-order valence-corrected chi connectivity index (χ2v) is 11.5. The normalized spacial score (nSPS) is 14.8. The lowest BCUT2D eigenvalue weighted by molar-refractivity contribution is 0.0866. The molecule has 2 nitrogen and oxygen atoms in total. The summed E-state index contributed by atoms with van der Waals surface area (Å²) in [5.74, 6) is 0. The van der Waals surface area contributed by atoms with Crippen molar-refractivity contribution in [2.45, 2.75) is 97.9 Å². The van der Waals surface area contributed by atoms with Crippen LogP contribution >= 0.6 is 0 Å². The number of aliphatic hydroxyl groups excluding tert-OH is 1. The number of unbranched alkanes of at least 4 members (excludes halogenated alkanes) is 5. The minimum absolute atomic E-state index is 0.0664. The molecule has 0 aromatic heterocycles. The molecular weight excluding hydrogens is 348 g/mol. The molecule has 0 bridgehead atoms. The van der Waals surface area contributed by atoms with Crippen molar-refractivity contribution < 1.29 is 9.53 Å². The van der Waals surface area contributed by atoms with E-state index in [1.165, 1.54) is 37.7 Å². The Kier molecular flexibility index (Phi) is 11.2. The van der Waals surface area contributed by atoms with E-state index in [0.717, 1.165) is 18.4 Å². The summed E-state index contributed by atoms with van der Waals surface area (Å²) in [5, 5.41) is 10.2. The number of hydrogen-bond donors (Lipinski definition) is 1. The molecule has 0 heterocycles. The molecule has 27 heavy (non-hydrogen) atoms. The van der Waals surface area contributed by atoms with Gasteiger partial charge < -0.3 is 9.53 Å². The van der Waals surface area contributed by atoms with E-state index in [0.29, 0.717) is 0 Å². The lowest BCUT2D eigenvalue weighted by Crippen LogP contribution is -2.25. The molecule has 3 heteroatoms. The number of benzene rings is 1. The molecule has 0 amide bonds. The molecule has 154 valence electrons. The summed E-state index contributed by atoms with van der Waals surface area (Å²) in [4.78, 5) is 0. The smallest absolute Gasteiger partial charge is 0.171 e. The molecule has 1 aromatic carbocycles. The predicted molar refractivity (Wildman–Crippen MR) is 122 cm³/mol. The Morgan fingerprint density at radius 1 is 1.07 bits per heavy atom. The first kappa shape index (κ1) is 24.1. The van der Waals surface area contributed by atoms with E-state index in [-0.39, 0.29) is 17.6 Å². The van der Waals surface area contributed by atoms with Crippen molar-refractivity contribution in [3.05, 3.63) is 41.5 Å². The Morgan fingerprint density at radius 3 is 2.37 bits per heavy atom. The Labute approximate surface area is 169 Å². The van der Waals surface area contributed by atoms with Crippen LogP contribution in [0.25, 0.3) is 6.08 Å². The molecular formula is C24H42O2Si. The molecule has 0 aliphatic rings. The van der Waals surface area contributed by atoms with Crippen LogP contribution in [0.3, 0.4) is 0 Å². The van der Waals surface area contributed by atoms with Crippen molar-refractivity contribution in [1.82, 2.24) is 0 Å². The fraction of sp³-hybridized carbons (Fsp3) is 0.667. The third-order valence-corrected chi connectivity index (χ3v) is 5.59. The first-order valence-electron chi connectivity index (χ1n) is 10.9. The van der Waals surface area contributed by atoms with Crippen LogP contribution in [-0.4, -0.2) is 20.3 Å². The molecule has 1 aromatic rings. The summed E-state index contributed by atoms with van der Waals surface area (Å²) < 4.78 is 6.34. The van der Waals surface area contributed by atoms with Gasteiger partial charge in [0.1, 0.15) is 0 Å². The summed E-state index contributed by atoms with van der Waals surface area (Å²) in [6.07, 6.45) is 12.2. The van der Waals surface area contributed by atoms with Crippen LogP contribution in [0.2, 0.25) is 13.1 Å². The highest BCUT2D eigenvalue weighted by Crippen LogP contribution is 2.37. The maximum atomic E-state index is 10.2. The summed E-state index contributed by atoms with van der Waals surface area (Å²) in [6.45, 7) is 13.4. The molecule has 1 rings (SSSR count). The zero-order chi connectivity index (χ0) is 20.3. The van der Waals surface area contributed by atoms with Gasteiger partial charge in [-0.25, -0.2) is 0 Å². The van der Waals surface area contributed by atoms with Gasteiger partial charge in [-0.15, -0.1) is 0 Å². The molecule has 0 aliphatic heterocycles. The Morgan fingerprint density at radius 2 is 1.74 bits per heavy atom. The van der Waals surface area contributed by atoms with Crippen LogP contribution in [0.1, 0.15) is 89.9 Å². The maximum absolute atomic E-state index is 10.2. The van der Waals surface area contributed by atoms with Gasteiger partial charge in [0, 0.05) is 0 Å². The highest BCUT2D eigenvalue weighted by atomic mass is 28.3. The lowest BCUT2D eigenvalue weighted by atomic mass is 9.84. The summed E-state index contributed by atoms with van der Waals surface area (Å²) in [7, 11) is -1.13. The van der Waals surface area contributed by atoms with Crippen LogP contribution in [0.15, 0.2) is 30.3 Å². The van der Waals surface area contributed by atoms with Crippen LogP contribution in [0.4, 0.5) is 0 Å². The zero-order valence-electron chi connectivity index (χ0n) is 18.5. The Balaban J connectivity index is 2.63. The summed E-state index contributed by atoms with van der Waals surface area (Å²) in [6, 6.07) is 8.57. The Bertz CT molecular complexity index is 546. The molecule has 2 atom stereocenters. The third kappa shape index (κ3) is 10.3. The molecule has 0 saturated heterocycles. The standard InChI is InChI=1S/C24H42O2Si/c1-7-8-9-10-11-12-16-22(25)18-17-20-14-13-15-21(19-20)23(24(2,3)4)26-27(5)6/h13-15,17-19,22-23,25,27H,7-12,16H2,1-6H3. The molecule has 0 radical (unpaired) electrons. The van der Waals surface area contributed by atoms with E-state index >= 15 is 0 Å². The van der Waals surface area contributed by atoms with Gasteiger partial charge in [0.05, 0.1) is 12.2 Å². The van der Waals surface area contributed by atoms with Crippen molar-refractivity contribution in [2.24, 2.45) is 5.41 Å². The van der Waals surface area contributed by atoms with Crippen molar-refractivity contribution in [2.75, 3.05) is 0 Å². The molecule has 0 fully saturated rings. The number of hydrogen-bond acceptors (Lipinski definition) is 2. The highest BCUT2D eigenvalue weighted by Gasteiger charge is 2.27. The van der Waals surface area contributed by atoms with Gasteiger partial charge in [0.2, 0.25) is 0 Å². The summed E-state index contributed by atoms with van der Waals surface area (Å²) >= 11 is 0. The maximum Gasteiger partial charge on any atom is 0.171 e. The molecule has 0 spiro atoms. The van der Waals surface area contributed by atoms with Crippen LogP contribution < -0.4 is 0 Å². The number of aliphatic hydroxyl groups is 1. The molecule has 1 N–H and O–H groups in total. The fourth-order valence-electron chi connectivity index (χ4n) is 3.33. The first-order chi connectivity index (χ1) is 12.7. The van der Waals surface area contributed by atoms with E-state index in [4.69, 9.17) is 4.43 Å². The van der Waals surface area contributed by atoms with Gasteiger partial charge in [-0.05, 0) is 42.1 Å². The molecule has 0 aliphatic carbocycles. The summed E-state index contributed by atoms with van der Waals surface area (Å²) in [5.41, 5.74) is 2.44. The van der Waals surface area contributed by atoms with Gasteiger partial charge in [-0.2, -0.15) is 0 Å². The van der Waals surface area contributed by atoms with Gasteiger partial charge in [0.15, 0.2) is 9.04 Å². The lowest BCUT2D eigenvalue weighted by Gasteiger charge is -2.33. The second kappa shape index (κ2) is 12.5. The van der Waals surface area contributed by atoms with E-state index < -0.39 is 9.04 Å². The van der Waals surface area contributed by atoms with Crippen molar-refractivity contribution in [1.29, 1.82) is 0 Å². The van der Waals surface area contributed by atoms with E-state index in [1.807, 2.05) is 6.08 Å². The minimum atomic E-state index is -1.13. The van der Waals surface area contributed by atoms with Crippen LogP contribution in [0, 0.1) is 5.41 Å². The molecule has 0 saturated carbocycles. The van der Waals surface area contributed by atoms with E-state index in [2.05, 4.69) is 71.1 Å².